The molecule has 25 heavy (non-hydrogen) atoms. The van der Waals surface area contributed by atoms with Crippen LogP contribution in [0.25, 0.3) is 10.2 Å². The number of ether oxygens (including phenoxy) is 1. The number of methoxy groups -OCH3 is 1. The minimum absolute atomic E-state index is 0.0170. The van der Waals surface area contributed by atoms with Crippen LogP contribution < -0.4 is 15.0 Å². The number of hydrogen-bond acceptors (Lipinski definition) is 6. The Kier molecular flexibility index (Phi) is 4.23. The van der Waals surface area contributed by atoms with Gasteiger partial charge in [0.15, 0.2) is 5.13 Å². The van der Waals surface area contributed by atoms with E-state index >= 15 is 0 Å². The van der Waals surface area contributed by atoms with Gasteiger partial charge >= 0.3 is 0 Å². The summed E-state index contributed by atoms with van der Waals surface area (Å²) in [6.45, 7) is 1.96. The summed E-state index contributed by atoms with van der Waals surface area (Å²) in [5.74, 6) is 0.917. The molecule has 1 fully saturated rings. The lowest BCUT2D eigenvalue weighted by Gasteiger charge is -2.37. The zero-order chi connectivity index (χ0) is 17.2. The largest absolute Gasteiger partial charge is 0.497 e. The van der Waals surface area contributed by atoms with E-state index in [9.17, 15) is 4.79 Å². The summed E-state index contributed by atoms with van der Waals surface area (Å²) in [5, 5.41) is 3.95. The first kappa shape index (κ1) is 15.8. The van der Waals surface area contributed by atoms with Crippen LogP contribution in [0.4, 0.5) is 5.13 Å². The summed E-state index contributed by atoms with van der Waals surface area (Å²) in [4.78, 5) is 23.0. The van der Waals surface area contributed by atoms with Gasteiger partial charge in [0.1, 0.15) is 5.75 Å². The fourth-order valence-electron chi connectivity index (χ4n) is 2.79. The molecule has 2 aromatic heterocycles. The monoisotopic (exact) mass is 354 g/mol. The van der Waals surface area contributed by atoms with Gasteiger partial charge in [-0.05, 0) is 29.8 Å². The first-order valence-electron chi connectivity index (χ1n) is 8.09. The number of nitrogens with zero attached hydrogens (tertiary/aromatic N) is 3. The van der Waals surface area contributed by atoms with E-state index in [1.54, 1.807) is 30.8 Å². The van der Waals surface area contributed by atoms with Crippen LogP contribution in [0, 0.1) is 5.92 Å². The van der Waals surface area contributed by atoms with Crippen molar-refractivity contribution in [1.82, 2.24) is 15.3 Å². The van der Waals surface area contributed by atoms with E-state index in [-0.39, 0.29) is 11.8 Å². The molecule has 0 radical (unpaired) electrons. The zero-order valence-corrected chi connectivity index (χ0v) is 14.6. The molecule has 7 heteroatoms. The quantitative estimate of drug-likeness (QED) is 0.762. The molecule has 1 amide bonds. The molecule has 3 aromatic rings. The lowest BCUT2D eigenvalue weighted by atomic mass is 10.00. The molecule has 6 nitrogen and oxygen atoms in total. The van der Waals surface area contributed by atoms with Crippen LogP contribution in [0.1, 0.15) is 5.56 Å². The maximum absolute atomic E-state index is 12.2. The van der Waals surface area contributed by atoms with Crippen LogP contribution in [-0.4, -0.2) is 36.1 Å². The second-order valence-corrected chi connectivity index (χ2v) is 7.01. The molecule has 0 aliphatic carbocycles. The standard InChI is InChI=1S/C18H18N4O2S/c1-24-14-2-3-16-15(8-14)21-18(25-16)22-10-13(11-22)17(23)20-9-12-4-6-19-7-5-12/h2-8,13H,9-11H2,1H3,(H,20,23). The average Bonchev–Trinajstić information content (AvgIpc) is 3.02. The Morgan fingerprint density at radius 1 is 1.32 bits per heavy atom. The molecule has 4 rings (SSSR count). The van der Waals surface area contributed by atoms with Gasteiger partial charge in [0.05, 0.1) is 23.2 Å². The molecule has 0 saturated carbocycles. The number of pyridine rings is 1. The molecule has 128 valence electrons. The van der Waals surface area contributed by atoms with E-state index < -0.39 is 0 Å². The number of aromatic nitrogens is 2. The summed E-state index contributed by atoms with van der Waals surface area (Å²) in [6, 6.07) is 9.71. The predicted octanol–water partition coefficient (Wildman–Crippen LogP) is 2.45. The van der Waals surface area contributed by atoms with Crippen LogP contribution in [0.5, 0.6) is 5.75 Å². The van der Waals surface area contributed by atoms with Crippen LogP contribution in [0.3, 0.4) is 0 Å². The van der Waals surface area contributed by atoms with Crippen molar-refractivity contribution in [1.29, 1.82) is 0 Å². The third-order valence-corrected chi connectivity index (χ3v) is 5.42. The van der Waals surface area contributed by atoms with Crippen molar-refractivity contribution in [3.05, 3.63) is 48.3 Å². The van der Waals surface area contributed by atoms with Gasteiger partial charge in [0, 0.05) is 38.1 Å². The van der Waals surface area contributed by atoms with Crippen molar-refractivity contribution in [3.8, 4) is 5.75 Å². The summed E-state index contributed by atoms with van der Waals surface area (Å²) in [6.07, 6.45) is 3.46. The zero-order valence-electron chi connectivity index (χ0n) is 13.8. The Labute approximate surface area is 149 Å². The Balaban J connectivity index is 1.34. The normalized spacial score (nSPS) is 14.4. The number of benzene rings is 1. The molecule has 1 aromatic carbocycles. The Morgan fingerprint density at radius 2 is 2.12 bits per heavy atom. The van der Waals surface area contributed by atoms with E-state index in [0.717, 1.165) is 26.7 Å². The number of rotatable bonds is 5. The lowest BCUT2D eigenvalue weighted by molar-refractivity contribution is -0.125. The second kappa shape index (κ2) is 6.68. The van der Waals surface area contributed by atoms with Crippen LogP contribution in [0.15, 0.2) is 42.7 Å². The summed E-state index contributed by atoms with van der Waals surface area (Å²) < 4.78 is 6.36. The molecular weight excluding hydrogens is 336 g/mol. The maximum Gasteiger partial charge on any atom is 0.226 e. The number of fused-ring (bicyclic) bond motifs is 1. The number of nitrogens with one attached hydrogen (secondary N) is 1. The van der Waals surface area contributed by atoms with Crippen molar-refractivity contribution >= 4 is 32.6 Å². The van der Waals surface area contributed by atoms with Gasteiger partial charge in [-0.15, -0.1) is 0 Å². The average molecular weight is 354 g/mol. The fourth-order valence-corrected chi connectivity index (χ4v) is 3.76. The highest BCUT2D eigenvalue weighted by Crippen LogP contribution is 2.34. The van der Waals surface area contributed by atoms with Gasteiger partial charge in [-0.3, -0.25) is 9.78 Å². The molecule has 3 heterocycles. The van der Waals surface area contributed by atoms with Gasteiger partial charge in [-0.1, -0.05) is 11.3 Å². The third kappa shape index (κ3) is 3.28. The fraction of sp³-hybridized carbons (Fsp3) is 0.278. The van der Waals surface area contributed by atoms with E-state index in [2.05, 4.69) is 20.2 Å². The summed E-state index contributed by atoms with van der Waals surface area (Å²) in [5.41, 5.74) is 1.99. The maximum atomic E-state index is 12.2. The highest BCUT2D eigenvalue weighted by atomic mass is 32.1. The van der Waals surface area contributed by atoms with E-state index in [1.165, 1.54) is 0 Å². The van der Waals surface area contributed by atoms with Gasteiger partial charge in [0.25, 0.3) is 0 Å². The number of thiazole rings is 1. The predicted molar refractivity (Wildman–Crippen MR) is 98.0 cm³/mol. The molecule has 1 aliphatic rings. The lowest BCUT2D eigenvalue weighted by Crippen LogP contribution is -2.53. The van der Waals surface area contributed by atoms with Crippen LogP contribution in [0.2, 0.25) is 0 Å². The van der Waals surface area contributed by atoms with E-state index in [0.29, 0.717) is 19.6 Å². The van der Waals surface area contributed by atoms with Crippen molar-refractivity contribution in [2.45, 2.75) is 6.54 Å². The third-order valence-electron chi connectivity index (χ3n) is 4.32. The highest BCUT2D eigenvalue weighted by molar-refractivity contribution is 7.22. The topological polar surface area (TPSA) is 67.3 Å². The Morgan fingerprint density at radius 3 is 2.88 bits per heavy atom. The first-order chi connectivity index (χ1) is 12.2. The molecule has 0 bridgehead atoms. The van der Waals surface area contributed by atoms with E-state index in [1.807, 2.05) is 30.3 Å². The second-order valence-electron chi connectivity index (χ2n) is 6.01. The highest BCUT2D eigenvalue weighted by Gasteiger charge is 2.34. The number of anilines is 1. The van der Waals surface area contributed by atoms with Crippen LogP contribution >= 0.6 is 11.3 Å². The Bertz CT molecular complexity index is 890. The summed E-state index contributed by atoms with van der Waals surface area (Å²) in [7, 11) is 1.65. The van der Waals surface area contributed by atoms with Crippen molar-refractivity contribution in [2.24, 2.45) is 5.92 Å². The minimum Gasteiger partial charge on any atom is -0.497 e. The van der Waals surface area contributed by atoms with Crippen LogP contribution in [-0.2, 0) is 11.3 Å². The van der Waals surface area contributed by atoms with Crippen molar-refractivity contribution in [2.75, 3.05) is 25.1 Å². The molecule has 0 atom stereocenters. The number of amides is 1. The number of hydrogen-bond donors (Lipinski definition) is 1. The van der Waals surface area contributed by atoms with E-state index in [4.69, 9.17) is 4.74 Å². The SMILES string of the molecule is COc1ccc2sc(N3CC(C(=O)NCc4ccncc4)C3)nc2c1. The van der Waals surface area contributed by atoms with Gasteiger partial charge < -0.3 is 15.0 Å². The molecule has 0 spiro atoms. The minimum atomic E-state index is 0.0170. The Hall–Kier alpha value is -2.67. The number of carbonyl (C=O) groups is 1. The summed E-state index contributed by atoms with van der Waals surface area (Å²) >= 11 is 1.64. The molecular formula is C18H18N4O2S. The van der Waals surface area contributed by atoms with Gasteiger partial charge in [-0.25, -0.2) is 4.98 Å². The molecule has 0 unspecified atom stereocenters. The number of carbonyl (C=O) groups excluding carboxylic acids is 1. The first-order valence-corrected chi connectivity index (χ1v) is 8.91. The molecule has 1 N–H and O–H groups in total. The smallest absolute Gasteiger partial charge is 0.226 e. The van der Waals surface area contributed by atoms with Gasteiger partial charge in [-0.2, -0.15) is 0 Å². The van der Waals surface area contributed by atoms with Crippen molar-refractivity contribution < 1.29 is 9.53 Å². The molecule has 1 saturated heterocycles. The molecule has 1 aliphatic heterocycles. The van der Waals surface area contributed by atoms with Gasteiger partial charge in [0.2, 0.25) is 5.91 Å². The van der Waals surface area contributed by atoms with Crippen molar-refractivity contribution in [3.63, 3.8) is 0 Å².